The number of amides is 2. The molecule has 0 fully saturated rings. The van der Waals surface area contributed by atoms with Crippen molar-refractivity contribution >= 4 is 24.2 Å². The second-order valence-electron chi connectivity index (χ2n) is 5.19. The van der Waals surface area contributed by atoms with Gasteiger partial charge in [0.05, 0.1) is 11.1 Å². The third-order valence-electron chi connectivity index (χ3n) is 3.38. The highest BCUT2D eigenvalue weighted by Gasteiger charge is 2.12. The van der Waals surface area contributed by atoms with E-state index >= 15 is 0 Å². The molecule has 0 bridgehead atoms. The van der Waals surface area contributed by atoms with Gasteiger partial charge >= 0.3 is 0 Å². The summed E-state index contributed by atoms with van der Waals surface area (Å²) in [5.41, 5.74) is 0.614. The first-order valence-corrected chi connectivity index (χ1v) is 7.40. The van der Waals surface area contributed by atoms with E-state index in [-0.39, 0.29) is 12.2 Å². The predicted octanol–water partition coefficient (Wildman–Crippen LogP) is 1.06. The second kappa shape index (κ2) is 8.53. The van der Waals surface area contributed by atoms with Crippen molar-refractivity contribution in [2.45, 2.75) is 0 Å². The highest BCUT2D eigenvalue weighted by molar-refractivity contribution is 5.81. The zero-order valence-corrected chi connectivity index (χ0v) is 13.8. The molecule has 0 saturated heterocycles. The molecule has 1 aromatic heterocycles. The lowest BCUT2D eigenvalue weighted by molar-refractivity contribution is -0.384. The van der Waals surface area contributed by atoms with Gasteiger partial charge in [-0.05, 0) is 24.3 Å². The van der Waals surface area contributed by atoms with E-state index in [2.05, 4.69) is 5.10 Å². The van der Waals surface area contributed by atoms with Crippen LogP contribution in [0.1, 0.15) is 5.76 Å². The Balaban J connectivity index is 2.06. The molecule has 1 N–H and O–H groups in total. The lowest BCUT2D eigenvalue weighted by Crippen LogP contribution is -2.36. The fourth-order valence-electron chi connectivity index (χ4n) is 1.90. The number of aliphatic hydroxyl groups is 1. The number of non-ortho nitro benzene ring substituents is 1. The van der Waals surface area contributed by atoms with Gasteiger partial charge in [-0.25, -0.2) is 5.01 Å². The molecule has 0 atom stereocenters. The molecular formula is C16H16N4O6. The monoisotopic (exact) mass is 360 g/mol. The average Bonchev–Trinajstić information content (AvgIpc) is 3.13. The number of nitrogens with zero attached hydrogens (tertiary/aromatic N) is 4. The van der Waals surface area contributed by atoms with Crippen LogP contribution in [-0.4, -0.2) is 58.8 Å². The molecule has 2 aromatic rings. The predicted molar refractivity (Wildman–Crippen MR) is 91.0 cm³/mol. The van der Waals surface area contributed by atoms with E-state index in [1.807, 2.05) is 0 Å². The Morgan fingerprint density at radius 1 is 1.31 bits per heavy atom. The minimum Gasteiger partial charge on any atom is -0.455 e. The number of rotatable bonds is 8. The fraction of sp³-hybridized carbons (Fsp3) is 0.188. The van der Waals surface area contributed by atoms with E-state index in [0.717, 1.165) is 9.91 Å². The average molecular weight is 360 g/mol. The van der Waals surface area contributed by atoms with Gasteiger partial charge in [0.1, 0.15) is 24.8 Å². The van der Waals surface area contributed by atoms with Crippen LogP contribution in [-0.2, 0) is 9.59 Å². The number of nitro benzene ring substituents is 1. The molecule has 1 heterocycles. The summed E-state index contributed by atoms with van der Waals surface area (Å²) in [4.78, 5) is 33.8. The maximum atomic E-state index is 11.6. The first-order valence-electron chi connectivity index (χ1n) is 7.40. The largest absolute Gasteiger partial charge is 0.455 e. The molecule has 0 spiro atoms. The van der Waals surface area contributed by atoms with E-state index in [9.17, 15) is 19.7 Å². The van der Waals surface area contributed by atoms with Gasteiger partial charge in [0.25, 0.3) is 5.69 Å². The van der Waals surface area contributed by atoms with Crippen LogP contribution in [0.2, 0.25) is 0 Å². The number of aliphatic hydroxyl groups excluding tert-OH is 1. The number of hydrogen-bond acceptors (Lipinski definition) is 7. The number of carbonyl (C=O) groups excluding carboxylic acids is 2. The van der Waals surface area contributed by atoms with Gasteiger partial charge in [0.2, 0.25) is 12.3 Å². The number of hydrazone groups is 1. The van der Waals surface area contributed by atoms with Crippen LogP contribution in [0.5, 0.6) is 0 Å². The Bertz CT molecular complexity index is 814. The first kappa shape index (κ1) is 18.8. The standard InChI is InChI=1S/C16H16N4O6/c1-18(10-21)16(23)9-19(11-22)17-8-14-6-7-15(26-14)12-2-4-13(5-3-12)20(24)25/h2-8,11,21H,9-10H2,1H3/b17-8+. The first-order chi connectivity index (χ1) is 12.4. The number of furan rings is 1. The minimum absolute atomic E-state index is 0.0266. The van der Waals surface area contributed by atoms with Crippen LogP contribution in [0.3, 0.4) is 0 Å². The lowest BCUT2D eigenvalue weighted by Gasteiger charge is -2.16. The van der Waals surface area contributed by atoms with Gasteiger partial charge in [0.15, 0.2) is 0 Å². The van der Waals surface area contributed by atoms with Crippen LogP contribution >= 0.6 is 0 Å². The Kier molecular flexibility index (Phi) is 6.17. The Morgan fingerprint density at radius 3 is 2.58 bits per heavy atom. The highest BCUT2D eigenvalue weighted by atomic mass is 16.6. The third-order valence-corrected chi connectivity index (χ3v) is 3.38. The smallest absolute Gasteiger partial charge is 0.269 e. The minimum atomic E-state index is -0.493. The fourth-order valence-corrected chi connectivity index (χ4v) is 1.90. The van der Waals surface area contributed by atoms with E-state index in [4.69, 9.17) is 9.52 Å². The van der Waals surface area contributed by atoms with E-state index in [1.165, 1.54) is 25.4 Å². The molecule has 26 heavy (non-hydrogen) atoms. The summed E-state index contributed by atoms with van der Waals surface area (Å²) in [5, 5.41) is 24.2. The molecule has 2 amide bonds. The normalized spacial score (nSPS) is 10.7. The summed E-state index contributed by atoms with van der Waals surface area (Å²) in [6, 6.07) is 9.09. The molecule has 0 unspecified atom stereocenters. The third kappa shape index (κ3) is 4.74. The summed E-state index contributed by atoms with van der Waals surface area (Å²) in [6.45, 7) is -0.793. The topological polar surface area (TPSA) is 129 Å². The van der Waals surface area contributed by atoms with Crippen molar-refractivity contribution in [2.24, 2.45) is 5.10 Å². The van der Waals surface area contributed by atoms with Crippen molar-refractivity contribution in [1.82, 2.24) is 9.91 Å². The van der Waals surface area contributed by atoms with E-state index in [0.29, 0.717) is 23.5 Å². The molecule has 0 radical (unpaired) electrons. The van der Waals surface area contributed by atoms with Gasteiger partial charge in [-0.3, -0.25) is 19.7 Å². The maximum absolute atomic E-state index is 11.6. The number of hydrogen-bond donors (Lipinski definition) is 1. The van der Waals surface area contributed by atoms with Crippen LogP contribution in [0.25, 0.3) is 11.3 Å². The quantitative estimate of drug-likeness (QED) is 0.246. The number of nitro groups is 1. The molecular weight excluding hydrogens is 344 g/mol. The Labute approximate surface area is 148 Å². The van der Waals surface area contributed by atoms with Crippen LogP contribution < -0.4 is 0 Å². The van der Waals surface area contributed by atoms with Crippen LogP contribution in [0.4, 0.5) is 5.69 Å². The zero-order chi connectivity index (χ0) is 19.1. The number of benzene rings is 1. The summed E-state index contributed by atoms with van der Waals surface area (Å²) >= 11 is 0. The molecule has 0 aliphatic carbocycles. The summed E-state index contributed by atoms with van der Waals surface area (Å²) in [5.74, 6) is 0.311. The van der Waals surface area contributed by atoms with Crippen molar-refractivity contribution in [1.29, 1.82) is 0 Å². The van der Waals surface area contributed by atoms with Crippen LogP contribution in [0.15, 0.2) is 45.9 Å². The van der Waals surface area contributed by atoms with Gasteiger partial charge in [-0.1, -0.05) is 0 Å². The zero-order valence-electron chi connectivity index (χ0n) is 13.8. The molecule has 2 rings (SSSR count). The van der Waals surface area contributed by atoms with Gasteiger partial charge in [-0.15, -0.1) is 0 Å². The summed E-state index contributed by atoms with van der Waals surface area (Å²) in [6.07, 6.45) is 1.63. The van der Waals surface area contributed by atoms with E-state index < -0.39 is 17.6 Å². The molecule has 0 aliphatic heterocycles. The highest BCUT2D eigenvalue weighted by Crippen LogP contribution is 2.24. The molecule has 10 heteroatoms. The Morgan fingerprint density at radius 2 is 2.00 bits per heavy atom. The summed E-state index contributed by atoms with van der Waals surface area (Å²) < 4.78 is 5.54. The number of carbonyl (C=O) groups is 2. The Hall–Kier alpha value is -3.53. The summed E-state index contributed by atoms with van der Waals surface area (Å²) in [7, 11) is 1.39. The number of likely N-dealkylation sites (N-methyl/N-ethyl adjacent to an activating group) is 1. The molecule has 136 valence electrons. The van der Waals surface area contributed by atoms with Gasteiger partial charge < -0.3 is 14.4 Å². The van der Waals surface area contributed by atoms with Crippen LogP contribution in [0, 0.1) is 10.1 Å². The van der Waals surface area contributed by atoms with Crippen molar-refractivity contribution < 1.29 is 24.0 Å². The lowest BCUT2D eigenvalue weighted by atomic mass is 10.1. The molecule has 0 saturated carbocycles. The maximum Gasteiger partial charge on any atom is 0.269 e. The van der Waals surface area contributed by atoms with Crippen molar-refractivity contribution in [3.8, 4) is 11.3 Å². The van der Waals surface area contributed by atoms with Gasteiger partial charge in [0, 0.05) is 24.7 Å². The molecule has 10 nitrogen and oxygen atoms in total. The SMILES string of the molecule is CN(CO)C(=O)CN(C=O)/N=C/c1ccc(-c2ccc([N+](=O)[O-])cc2)o1. The second-order valence-corrected chi connectivity index (χ2v) is 5.19. The van der Waals surface area contributed by atoms with E-state index in [1.54, 1.807) is 24.3 Å². The van der Waals surface area contributed by atoms with Crippen molar-refractivity contribution in [3.63, 3.8) is 0 Å². The van der Waals surface area contributed by atoms with Gasteiger partial charge in [-0.2, -0.15) is 5.10 Å². The molecule has 0 aliphatic rings. The van der Waals surface area contributed by atoms with Crippen molar-refractivity contribution in [2.75, 3.05) is 20.3 Å². The van der Waals surface area contributed by atoms with Crippen molar-refractivity contribution in [3.05, 3.63) is 52.3 Å². The molecule has 1 aromatic carbocycles.